The molecule has 4 aromatic rings. The van der Waals surface area contributed by atoms with Crippen LogP contribution in [0.3, 0.4) is 0 Å². The van der Waals surface area contributed by atoms with Crippen LogP contribution in [0.2, 0.25) is 10.0 Å². The van der Waals surface area contributed by atoms with Gasteiger partial charge >= 0.3 is 6.18 Å². The maximum absolute atomic E-state index is 13.7. The largest absolute Gasteiger partial charge is 0.416 e. The van der Waals surface area contributed by atoms with Gasteiger partial charge < -0.3 is 0 Å². The summed E-state index contributed by atoms with van der Waals surface area (Å²) in [5.74, 6) is 0.0121. The summed E-state index contributed by atoms with van der Waals surface area (Å²) in [7, 11) is 0. The van der Waals surface area contributed by atoms with Gasteiger partial charge in [0.2, 0.25) is 0 Å². The molecule has 0 saturated heterocycles. The van der Waals surface area contributed by atoms with Crippen LogP contribution in [0.1, 0.15) is 39.3 Å². The van der Waals surface area contributed by atoms with Crippen molar-refractivity contribution in [2.24, 2.45) is 0 Å². The third-order valence-electron chi connectivity index (χ3n) is 6.32. The van der Waals surface area contributed by atoms with Crippen LogP contribution < -0.4 is 0 Å². The summed E-state index contributed by atoms with van der Waals surface area (Å²) in [4.78, 5) is 1.18. The van der Waals surface area contributed by atoms with Crippen LogP contribution in [0.15, 0.2) is 95.9 Å². The van der Waals surface area contributed by atoms with Crippen LogP contribution in [-0.2, 0) is 25.4 Å². The Bertz CT molecular complexity index is 1300. The van der Waals surface area contributed by atoms with Gasteiger partial charge in [0.1, 0.15) is 0 Å². The first-order valence-corrected chi connectivity index (χ1v) is 13.5. The Labute approximate surface area is 224 Å². The van der Waals surface area contributed by atoms with Crippen LogP contribution >= 0.6 is 35.0 Å². The third kappa shape index (κ3) is 6.67. The van der Waals surface area contributed by atoms with E-state index in [0.29, 0.717) is 16.5 Å². The monoisotopic (exact) mass is 544 g/mol. The first kappa shape index (κ1) is 26.7. The first-order valence-electron chi connectivity index (χ1n) is 11.5. The smallest absolute Gasteiger partial charge is 0.166 e. The molecule has 0 N–H and O–H groups in total. The van der Waals surface area contributed by atoms with E-state index < -0.39 is 11.7 Å². The number of thioether (sulfide) groups is 1. The van der Waals surface area contributed by atoms with Crippen molar-refractivity contribution >= 4 is 35.0 Å². The molecule has 0 nitrogen and oxygen atoms in total. The summed E-state index contributed by atoms with van der Waals surface area (Å²) in [5.41, 5.74) is 3.55. The minimum Gasteiger partial charge on any atom is -0.166 e. The summed E-state index contributed by atoms with van der Waals surface area (Å²) in [6, 6.07) is 27.5. The minimum atomic E-state index is -4.43. The maximum atomic E-state index is 13.7. The van der Waals surface area contributed by atoms with Crippen molar-refractivity contribution in [1.82, 2.24) is 0 Å². The number of hydrogen-bond donors (Lipinski definition) is 0. The average molecular weight is 545 g/mol. The second kappa shape index (κ2) is 11.8. The van der Waals surface area contributed by atoms with Crippen molar-refractivity contribution in [2.75, 3.05) is 6.26 Å². The molecule has 0 amide bonds. The van der Waals surface area contributed by atoms with Crippen molar-refractivity contribution in [3.63, 3.8) is 0 Å². The Hall–Kier alpha value is -2.40. The maximum Gasteiger partial charge on any atom is 0.416 e. The Kier molecular flexibility index (Phi) is 8.71. The van der Waals surface area contributed by atoms with E-state index >= 15 is 0 Å². The number of alkyl halides is 3. The minimum absolute atomic E-state index is 0.0121. The Morgan fingerprint density at radius 1 is 0.750 bits per heavy atom. The van der Waals surface area contributed by atoms with E-state index in [-0.39, 0.29) is 17.9 Å². The molecule has 0 aliphatic rings. The number of hydrogen-bond acceptors (Lipinski definition) is 1. The van der Waals surface area contributed by atoms with Gasteiger partial charge in [0.25, 0.3) is 0 Å². The quantitative estimate of drug-likeness (QED) is 0.199. The summed E-state index contributed by atoms with van der Waals surface area (Å²) < 4.78 is 41.2. The molecule has 0 aromatic heterocycles. The van der Waals surface area contributed by atoms with E-state index in [1.807, 2.05) is 42.7 Å². The molecule has 6 heteroatoms. The van der Waals surface area contributed by atoms with E-state index in [1.54, 1.807) is 23.9 Å². The molecular formula is C30H25Cl2F3S. The average Bonchev–Trinajstić information content (AvgIpc) is 2.86. The molecule has 1 atom stereocenters. The molecule has 4 rings (SSSR count). The van der Waals surface area contributed by atoms with Gasteiger partial charge in [-0.25, -0.2) is 0 Å². The van der Waals surface area contributed by atoms with E-state index in [9.17, 15) is 13.2 Å². The van der Waals surface area contributed by atoms with Crippen molar-refractivity contribution < 1.29 is 13.2 Å². The van der Waals surface area contributed by atoms with E-state index in [1.165, 1.54) is 17.0 Å². The molecule has 0 heterocycles. The molecule has 186 valence electrons. The van der Waals surface area contributed by atoms with Crippen molar-refractivity contribution in [1.29, 1.82) is 0 Å². The molecule has 0 radical (unpaired) electrons. The standard InChI is InChI=1S/C30H25Cl2F3S/c1-36-25-15-11-21(12-16-25)18-23(17-20-9-13-24(31)14-10-20)26-6-4-8-29(32)27(26)19-22-5-2-3-7-28(22)30(33,34)35/h2-16,23H,17-19H2,1H3. The lowest BCUT2D eigenvalue weighted by Gasteiger charge is -2.23. The summed E-state index contributed by atoms with van der Waals surface area (Å²) in [6.07, 6.45) is -0.858. The van der Waals surface area contributed by atoms with E-state index in [4.69, 9.17) is 23.2 Å². The van der Waals surface area contributed by atoms with E-state index in [0.717, 1.165) is 34.7 Å². The van der Waals surface area contributed by atoms with Crippen LogP contribution in [0.25, 0.3) is 0 Å². The summed E-state index contributed by atoms with van der Waals surface area (Å²) >= 11 is 14.4. The Morgan fingerprint density at radius 3 is 1.97 bits per heavy atom. The topological polar surface area (TPSA) is 0 Å². The third-order valence-corrected chi connectivity index (χ3v) is 7.67. The van der Waals surface area contributed by atoms with Crippen molar-refractivity contribution in [3.8, 4) is 0 Å². The predicted octanol–water partition coefficient (Wildman–Crippen LogP) is 9.89. The Balaban J connectivity index is 1.76. The highest BCUT2D eigenvalue weighted by molar-refractivity contribution is 7.98. The number of benzene rings is 4. The van der Waals surface area contributed by atoms with E-state index in [2.05, 4.69) is 24.3 Å². The van der Waals surface area contributed by atoms with Gasteiger partial charge in [-0.1, -0.05) is 77.8 Å². The number of halogens is 5. The van der Waals surface area contributed by atoms with Gasteiger partial charge in [0.05, 0.1) is 5.56 Å². The summed E-state index contributed by atoms with van der Waals surface area (Å²) in [5, 5.41) is 1.14. The Morgan fingerprint density at radius 2 is 1.36 bits per heavy atom. The van der Waals surface area contributed by atoms with Crippen LogP contribution in [0.4, 0.5) is 13.2 Å². The second-order valence-electron chi connectivity index (χ2n) is 8.72. The lowest BCUT2D eigenvalue weighted by atomic mass is 9.82. The zero-order chi connectivity index (χ0) is 25.7. The highest BCUT2D eigenvalue weighted by Crippen LogP contribution is 2.37. The van der Waals surface area contributed by atoms with Crippen LogP contribution in [-0.4, -0.2) is 6.26 Å². The fourth-order valence-electron chi connectivity index (χ4n) is 4.53. The lowest BCUT2D eigenvalue weighted by Crippen LogP contribution is -2.13. The molecule has 0 aliphatic carbocycles. The van der Waals surface area contributed by atoms with Gasteiger partial charge in [0, 0.05) is 14.9 Å². The van der Waals surface area contributed by atoms with Gasteiger partial charge in [-0.3, -0.25) is 0 Å². The van der Waals surface area contributed by atoms with Gasteiger partial charge in [0.15, 0.2) is 0 Å². The molecule has 1 unspecified atom stereocenters. The van der Waals surface area contributed by atoms with Crippen molar-refractivity contribution in [3.05, 3.63) is 134 Å². The normalized spacial score (nSPS) is 12.5. The van der Waals surface area contributed by atoms with Crippen LogP contribution in [0.5, 0.6) is 0 Å². The highest BCUT2D eigenvalue weighted by atomic mass is 35.5. The van der Waals surface area contributed by atoms with Gasteiger partial charge in [-0.2, -0.15) is 13.2 Å². The van der Waals surface area contributed by atoms with Gasteiger partial charge in [-0.15, -0.1) is 11.8 Å². The molecule has 4 aromatic carbocycles. The molecular weight excluding hydrogens is 520 g/mol. The zero-order valence-corrected chi connectivity index (χ0v) is 22.0. The second-order valence-corrected chi connectivity index (χ2v) is 10.4. The fraction of sp³-hybridized carbons (Fsp3) is 0.200. The molecule has 0 aliphatic heterocycles. The highest BCUT2D eigenvalue weighted by Gasteiger charge is 2.33. The molecule has 0 fully saturated rings. The molecule has 0 saturated carbocycles. The first-order chi connectivity index (χ1) is 17.2. The number of rotatable bonds is 8. The molecule has 0 bridgehead atoms. The molecule has 36 heavy (non-hydrogen) atoms. The van der Waals surface area contributed by atoms with Gasteiger partial charge in [-0.05, 0) is 95.7 Å². The van der Waals surface area contributed by atoms with Crippen LogP contribution in [0, 0.1) is 0 Å². The SMILES string of the molecule is CSc1ccc(CC(Cc2ccc(Cl)cc2)c2cccc(Cl)c2Cc2ccccc2C(F)(F)F)cc1. The van der Waals surface area contributed by atoms with Crippen molar-refractivity contribution in [2.45, 2.75) is 36.3 Å². The molecule has 0 spiro atoms. The zero-order valence-electron chi connectivity index (χ0n) is 19.7. The predicted molar refractivity (Wildman–Crippen MR) is 146 cm³/mol. The summed E-state index contributed by atoms with van der Waals surface area (Å²) in [6.45, 7) is 0. The fourth-order valence-corrected chi connectivity index (χ4v) is 5.31. The lowest BCUT2D eigenvalue weighted by molar-refractivity contribution is -0.138.